The van der Waals surface area contributed by atoms with E-state index in [4.69, 9.17) is 9.47 Å². The van der Waals surface area contributed by atoms with Crippen molar-refractivity contribution in [1.82, 2.24) is 19.6 Å². The zero-order chi connectivity index (χ0) is 21.2. The Kier molecular flexibility index (Phi) is 6.04. The molecule has 0 radical (unpaired) electrons. The normalized spacial score (nSPS) is 20.4. The standard InChI is InChI=1S/C23H28N4O3S/c1-2-27-15-17(13-24-27)14-25-7-12-30-19(16-25)21-18-5-3-4-6-20(18)31-22(21)23(28)26-8-10-29-11-9-26/h3-6,13,15,19H,2,7-12,14,16H2,1H3/t19-/m0/s1. The van der Waals surface area contributed by atoms with Crippen molar-refractivity contribution in [3.05, 3.63) is 52.7 Å². The third-order valence-electron chi connectivity index (χ3n) is 6.02. The fourth-order valence-corrected chi connectivity index (χ4v) is 5.62. The number of fused-ring (bicyclic) bond motifs is 1. The van der Waals surface area contributed by atoms with Crippen molar-refractivity contribution in [3.8, 4) is 0 Å². The molecule has 0 saturated carbocycles. The van der Waals surface area contributed by atoms with Gasteiger partial charge in [0.05, 0.1) is 37.0 Å². The number of hydrogen-bond donors (Lipinski definition) is 0. The molecule has 1 amide bonds. The van der Waals surface area contributed by atoms with Gasteiger partial charge in [-0.3, -0.25) is 14.4 Å². The Hall–Kier alpha value is -2.26. The fraction of sp³-hybridized carbons (Fsp3) is 0.478. The van der Waals surface area contributed by atoms with Crippen LogP contribution in [0.15, 0.2) is 36.7 Å². The molecule has 2 aliphatic heterocycles. The Morgan fingerprint density at radius 3 is 2.84 bits per heavy atom. The number of amides is 1. The van der Waals surface area contributed by atoms with Gasteiger partial charge in [0, 0.05) is 61.3 Å². The summed E-state index contributed by atoms with van der Waals surface area (Å²) in [6.07, 6.45) is 3.94. The van der Waals surface area contributed by atoms with Crippen molar-refractivity contribution in [2.45, 2.75) is 26.1 Å². The minimum absolute atomic E-state index is 0.101. The van der Waals surface area contributed by atoms with Gasteiger partial charge in [-0.15, -0.1) is 11.3 Å². The SMILES string of the molecule is CCn1cc(CN2CCO[C@H](c3c(C(=O)N4CCOCC4)sc4ccccc34)C2)cn1. The molecule has 164 valence electrons. The summed E-state index contributed by atoms with van der Waals surface area (Å²) < 4.78 is 14.8. The van der Waals surface area contributed by atoms with Crippen LogP contribution in [-0.2, 0) is 22.6 Å². The minimum atomic E-state index is -0.119. The van der Waals surface area contributed by atoms with Gasteiger partial charge in [0.25, 0.3) is 5.91 Å². The highest BCUT2D eigenvalue weighted by Crippen LogP contribution is 2.39. The Balaban J connectivity index is 1.43. The van der Waals surface area contributed by atoms with E-state index in [1.165, 1.54) is 5.56 Å². The first-order chi connectivity index (χ1) is 15.2. The number of rotatable bonds is 5. The van der Waals surface area contributed by atoms with Crippen molar-refractivity contribution in [3.63, 3.8) is 0 Å². The van der Waals surface area contributed by atoms with Crippen molar-refractivity contribution < 1.29 is 14.3 Å². The molecule has 0 spiro atoms. The number of hydrogen-bond acceptors (Lipinski definition) is 6. The molecule has 7 nitrogen and oxygen atoms in total. The Bertz CT molecular complexity index is 1060. The first kappa shape index (κ1) is 20.6. The van der Waals surface area contributed by atoms with Crippen LogP contribution in [0.3, 0.4) is 0 Å². The lowest BCUT2D eigenvalue weighted by atomic mass is 10.0. The van der Waals surface area contributed by atoms with Gasteiger partial charge in [-0.2, -0.15) is 5.10 Å². The Morgan fingerprint density at radius 1 is 1.19 bits per heavy atom. The molecule has 2 aliphatic rings. The molecular weight excluding hydrogens is 412 g/mol. The maximum atomic E-state index is 13.4. The van der Waals surface area contributed by atoms with E-state index < -0.39 is 0 Å². The predicted octanol–water partition coefficient (Wildman–Crippen LogP) is 3.16. The lowest BCUT2D eigenvalue weighted by Gasteiger charge is -2.33. The number of aromatic nitrogens is 2. The third-order valence-corrected chi connectivity index (χ3v) is 7.19. The number of morpholine rings is 2. The van der Waals surface area contributed by atoms with Crippen molar-refractivity contribution in [2.24, 2.45) is 0 Å². The van der Waals surface area contributed by atoms with Crippen LogP contribution in [0.2, 0.25) is 0 Å². The molecule has 1 aromatic carbocycles. The highest BCUT2D eigenvalue weighted by molar-refractivity contribution is 7.21. The van der Waals surface area contributed by atoms with Crippen molar-refractivity contribution >= 4 is 27.3 Å². The van der Waals surface area contributed by atoms with E-state index in [9.17, 15) is 4.79 Å². The predicted molar refractivity (Wildman–Crippen MR) is 120 cm³/mol. The molecule has 4 heterocycles. The molecule has 0 unspecified atom stereocenters. The summed E-state index contributed by atoms with van der Waals surface area (Å²) in [4.78, 5) is 18.6. The van der Waals surface area contributed by atoms with E-state index in [2.05, 4.69) is 35.3 Å². The zero-order valence-corrected chi connectivity index (χ0v) is 18.6. The van der Waals surface area contributed by atoms with Gasteiger partial charge in [-0.1, -0.05) is 18.2 Å². The number of carbonyl (C=O) groups is 1. The fourth-order valence-electron chi connectivity index (χ4n) is 4.39. The molecule has 3 aromatic rings. The molecule has 2 saturated heterocycles. The molecule has 2 aromatic heterocycles. The van der Waals surface area contributed by atoms with Gasteiger partial charge < -0.3 is 14.4 Å². The van der Waals surface area contributed by atoms with E-state index in [1.54, 1.807) is 11.3 Å². The summed E-state index contributed by atoms with van der Waals surface area (Å²) in [7, 11) is 0. The topological polar surface area (TPSA) is 59.8 Å². The molecule has 1 atom stereocenters. The molecule has 0 N–H and O–H groups in total. The third kappa shape index (κ3) is 4.25. The molecule has 2 fully saturated rings. The van der Waals surface area contributed by atoms with Crippen LogP contribution < -0.4 is 0 Å². The minimum Gasteiger partial charge on any atom is -0.378 e. The van der Waals surface area contributed by atoms with Crippen molar-refractivity contribution in [1.29, 1.82) is 0 Å². The lowest BCUT2D eigenvalue weighted by molar-refractivity contribution is -0.0325. The molecular formula is C23H28N4O3S. The second-order valence-corrected chi connectivity index (χ2v) is 9.10. The Morgan fingerprint density at radius 2 is 2.03 bits per heavy atom. The van der Waals surface area contributed by atoms with E-state index in [-0.39, 0.29) is 12.0 Å². The molecule has 8 heteroatoms. The van der Waals surface area contributed by atoms with Gasteiger partial charge in [0.2, 0.25) is 0 Å². The average molecular weight is 441 g/mol. The Labute approximate surface area is 186 Å². The molecule has 5 rings (SSSR count). The summed E-state index contributed by atoms with van der Waals surface area (Å²) in [5.74, 6) is 0.101. The van der Waals surface area contributed by atoms with E-state index in [0.29, 0.717) is 32.9 Å². The van der Waals surface area contributed by atoms with Crippen molar-refractivity contribution in [2.75, 3.05) is 46.0 Å². The summed E-state index contributed by atoms with van der Waals surface area (Å²) in [6.45, 7) is 8.60. The number of carbonyl (C=O) groups excluding carboxylic acids is 1. The average Bonchev–Trinajstić information content (AvgIpc) is 3.43. The van der Waals surface area contributed by atoms with Gasteiger partial charge in [0.1, 0.15) is 0 Å². The second-order valence-electron chi connectivity index (χ2n) is 8.04. The van der Waals surface area contributed by atoms with Crippen LogP contribution in [0, 0.1) is 0 Å². The molecule has 0 aliphatic carbocycles. The number of nitrogens with zero attached hydrogens (tertiary/aromatic N) is 4. The largest absolute Gasteiger partial charge is 0.378 e. The summed E-state index contributed by atoms with van der Waals surface area (Å²) >= 11 is 1.59. The van der Waals surface area contributed by atoms with Crippen LogP contribution >= 0.6 is 11.3 Å². The molecule has 31 heavy (non-hydrogen) atoms. The number of ether oxygens (including phenoxy) is 2. The number of thiophene rings is 1. The highest BCUT2D eigenvalue weighted by atomic mass is 32.1. The van der Waals surface area contributed by atoms with Gasteiger partial charge >= 0.3 is 0 Å². The maximum absolute atomic E-state index is 13.4. The van der Waals surface area contributed by atoms with Crippen LogP contribution in [0.1, 0.15) is 33.8 Å². The van der Waals surface area contributed by atoms with Crippen LogP contribution in [0.4, 0.5) is 0 Å². The summed E-state index contributed by atoms with van der Waals surface area (Å²) in [5.41, 5.74) is 2.26. The highest BCUT2D eigenvalue weighted by Gasteiger charge is 2.32. The lowest BCUT2D eigenvalue weighted by Crippen LogP contribution is -2.41. The quantitative estimate of drug-likeness (QED) is 0.610. The van der Waals surface area contributed by atoms with E-state index >= 15 is 0 Å². The van der Waals surface area contributed by atoms with Crippen LogP contribution in [-0.4, -0.2) is 71.5 Å². The summed E-state index contributed by atoms with van der Waals surface area (Å²) in [5, 5.41) is 5.53. The number of benzene rings is 1. The van der Waals surface area contributed by atoms with Gasteiger partial charge in [-0.25, -0.2) is 0 Å². The first-order valence-corrected chi connectivity index (χ1v) is 11.8. The second kappa shape index (κ2) is 9.08. The first-order valence-electron chi connectivity index (χ1n) is 11.0. The smallest absolute Gasteiger partial charge is 0.264 e. The number of aryl methyl sites for hydroxylation is 1. The summed E-state index contributed by atoms with van der Waals surface area (Å²) in [6, 6.07) is 8.29. The van der Waals surface area contributed by atoms with Crippen LogP contribution in [0.5, 0.6) is 0 Å². The van der Waals surface area contributed by atoms with Gasteiger partial charge in [0.15, 0.2) is 0 Å². The monoisotopic (exact) mass is 440 g/mol. The zero-order valence-electron chi connectivity index (χ0n) is 17.8. The van der Waals surface area contributed by atoms with E-state index in [0.717, 1.165) is 46.7 Å². The molecule has 0 bridgehead atoms. The maximum Gasteiger partial charge on any atom is 0.264 e. The van der Waals surface area contributed by atoms with E-state index in [1.807, 2.05) is 27.9 Å². The van der Waals surface area contributed by atoms with Crippen LogP contribution in [0.25, 0.3) is 10.1 Å². The van der Waals surface area contributed by atoms with Gasteiger partial charge in [-0.05, 0) is 18.4 Å².